The van der Waals surface area contributed by atoms with Crippen LogP contribution >= 0.6 is 0 Å². The van der Waals surface area contributed by atoms with Crippen LogP contribution in [-0.2, 0) is 39.4 Å². The first-order chi connectivity index (χ1) is 34.2. The summed E-state index contributed by atoms with van der Waals surface area (Å²) in [4.78, 5) is 68.9. The number of hydrogen-bond acceptors (Lipinski definition) is 10. The number of carbonyl (C=O) groups excluding carboxylic acids is 3. The molecule has 9 rings (SSSR count). The van der Waals surface area contributed by atoms with Crippen LogP contribution in [0.3, 0.4) is 0 Å². The predicted octanol–water partition coefficient (Wildman–Crippen LogP) is 7.37. The van der Waals surface area contributed by atoms with E-state index in [1.807, 2.05) is 12.1 Å². The van der Waals surface area contributed by atoms with Gasteiger partial charge in [-0.3, -0.25) is 28.9 Å². The molecule has 3 aromatic heterocycles. The maximum Gasteiger partial charge on any atom is 0.482 e. The molecule has 3 saturated heterocycles. The Morgan fingerprint density at radius 2 is 1.61 bits per heavy atom. The number of H-pyrrole nitrogens is 1. The molecule has 6 heterocycles. The molecule has 19 heteroatoms. The Bertz CT molecular complexity index is 2990. The molecule has 3 aliphatic heterocycles. The van der Waals surface area contributed by atoms with E-state index in [-0.39, 0.29) is 47.9 Å². The number of nitrogens with one attached hydrogen (secondary N) is 3. The SMILES string of the molecule is Cc1c(NC(=O)c2ccc(C(C)(C)OBF)cc2F)cc(F)cc1-c1ncnc2[nH]c(-c3ccc(CN4CCC(OC5CCN(CCn6cccc(CN7CCC(=O)NC7=O)c6=O)CC5)CC4)cc3)cc12. The lowest BCUT2D eigenvalue weighted by atomic mass is 9.95. The monoisotopic (exact) mass is 971 g/mol. The minimum absolute atomic E-state index is 0.117. The number of hydrogen-bond donors (Lipinski definition) is 3. The maximum absolute atomic E-state index is 15.3. The lowest BCUT2D eigenvalue weighted by Crippen LogP contribution is -2.49. The quantitative estimate of drug-likeness (QED) is 0.0834. The number of aromatic amines is 1. The molecule has 3 N–H and O–H groups in total. The summed E-state index contributed by atoms with van der Waals surface area (Å²) in [5, 5.41) is 5.63. The zero-order valence-corrected chi connectivity index (χ0v) is 40.1. The highest BCUT2D eigenvalue weighted by Gasteiger charge is 2.28. The van der Waals surface area contributed by atoms with Crippen molar-refractivity contribution in [1.29, 1.82) is 0 Å². The van der Waals surface area contributed by atoms with Crippen molar-refractivity contribution < 1.29 is 36.9 Å². The van der Waals surface area contributed by atoms with E-state index in [4.69, 9.17) is 9.39 Å². The number of benzene rings is 3. The second-order valence-electron chi connectivity index (χ2n) is 19.1. The summed E-state index contributed by atoms with van der Waals surface area (Å²) in [6.45, 7) is 11.2. The Hall–Kier alpha value is -6.67. The van der Waals surface area contributed by atoms with E-state index < -0.39 is 36.9 Å². The van der Waals surface area contributed by atoms with Gasteiger partial charge in [-0.25, -0.2) is 23.5 Å². The van der Waals surface area contributed by atoms with Crippen LogP contribution in [0.4, 0.5) is 23.6 Å². The van der Waals surface area contributed by atoms with E-state index in [1.165, 1.54) is 41.1 Å². The number of nitrogens with zero attached hydrogens (tertiary/aromatic N) is 6. The van der Waals surface area contributed by atoms with Crippen molar-refractivity contribution in [3.8, 4) is 22.5 Å². The number of imide groups is 1. The van der Waals surface area contributed by atoms with E-state index in [9.17, 15) is 23.5 Å². The minimum atomic E-state index is -1.11. The normalized spacial score (nSPS) is 16.7. The Balaban J connectivity index is 0.751. The third-order valence-corrected chi connectivity index (χ3v) is 14.0. The van der Waals surface area contributed by atoms with Crippen LogP contribution in [0.25, 0.3) is 33.5 Å². The van der Waals surface area contributed by atoms with Gasteiger partial charge >= 0.3 is 13.8 Å². The Labute approximate surface area is 410 Å². The van der Waals surface area contributed by atoms with Crippen molar-refractivity contribution in [1.82, 2.24) is 39.5 Å². The van der Waals surface area contributed by atoms with E-state index in [0.717, 1.165) is 82.3 Å². The number of pyridine rings is 1. The first kappa shape index (κ1) is 49.3. The number of likely N-dealkylation sites (tertiary alicyclic amines) is 2. The van der Waals surface area contributed by atoms with Gasteiger partial charge in [-0.05, 0) is 105 Å². The fourth-order valence-electron chi connectivity index (χ4n) is 9.73. The highest BCUT2D eigenvalue weighted by atomic mass is 19.1. The molecule has 0 unspecified atom stereocenters. The molecule has 3 fully saturated rings. The standard InChI is InChI=1S/C52H57BF3N9O6/c1-32-41(26-37(54)27-44(32)60-49(67)40-11-10-36(25-43(40)55)52(2,3)71-53-56)47-42-28-45(59-48(42)58-31-57-47)34-8-6-33(7-9-34)29-63-20-14-39(15-21-63)70-38-12-18-62(19-13-38)23-24-64-17-4-5-35(50(64)68)30-65-22-16-46(66)61-51(65)69/h4-11,17,25-28,31,38-39,53H,12-16,18-24,29-30H2,1-3H3,(H,60,67)(H,57,58,59)(H,61,66,69). The average Bonchev–Trinajstić information content (AvgIpc) is 3.80. The van der Waals surface area contributed by atoms with Gasteiger partial charge in [0.2, 0.25) is 5.91 Å². The van der Waals surface area contributed by atoms with Gasteiger partial charge in [-0.2, -0.15) is 0 Å². The van der Waals surface area contributed by atoms with Crippen molar-refractivity contribution in [2.24, 2.45) is 0 Å². The molecular formula is C52H57BF3N9O6. The van der Waals surface area contributed by atoms with Gasteiger partial charge in [-0.1, -0.05) is 36.4 Å². The summed E-state index contributed by atoms with van der Waals surface area (Å²) in [5.41, 5.74) is 4.45. The van der Waals surface area contributed by atoms with Crippen molar-refractivity contribution in [3.63, 3.8) is 0 Å². The van der Waals surface area contributed by atoms with Crippen molar-refractivity contribution in [2.45, 2.75) is 90.3 Å². The number of anilines is 1. The molecule has 0 spiro atoms. The molecule has 0 atom stereocenters. The molecule has 0 saturated carbocycles. The van der Waals surface area contributed by atoms with Crippen molar-refractivity contribution in [3.05, 3.63) is 135 Å². The number of carbonyl (C=O) groups is 3. The Kier molecular flexibility index (Phi) is 14.8. The zero-order valence-electron chi connectivity index (χ0n) is 40.1. The van der Waals surface area contributed by atoms with Crippen LogP contribution < -0.4 is 16.2 Å². The largest absolute Gasteiger partial charge is 0.482 e. The van der Waals surface area contributed by atoms with Gasteiger partial charge in [0, 0.05) is 92.9 Å². The third-order valence-electron chi connectivity index (χ3n) is 14.0. The second-order valence-corrected chi connectivity index (χ2v) is 19.1. The minimum Gasteiger partial charge on any atom is -0.402 e. The number of fused-ring (bicyclic) bond motifs is 1. The Morgan fingerprint density at radius 1 is 0.873 bits per heavy atom. The van der Waals surface area contributed by atoms with Gasteiger partial charge < -0.3 is 34.1 Å². The molecule has 4 amide bonds. The summed E-state index contributed by atoms with van der Waals surface area (Å²) in [5.74, 6) is -2.52. The topological polar surface area (TPSA) is 167 Å². The van der Waals surface area contributed by atoms with E-state index >= 15 is 8.78 Å². The van der Waals surface area contributed by atoms with Crippen LogP contribution in [0.2, 0.25) is 0 Å². The zero-order chi connectivity index (χ0) is 49.8. The summed E-state index contributed by atoms with van der Waals surface area (Å²) < 4.78 is 56.8. The van der Waals surface area contributed by atoms with E-state index in [2.05, 4.69) is 59.7 Å². The van der Waals surface area contributed by atoms with Crippen molar-refractivity contribution >= 4 is 42.3 Å². The predicted molar refractivity (Wildman–Crippen MR) is 264 cm³/mol. The number of ether oxygens (including phenoxy) is 1. The summed E-state index contributed by atoms with van der Waals surface area (Å²) in [7, 11) is -1.05. The summed E-state index contributed by atoms with van der Waals surface area (Å²) >= 11 is 0. The molecule has 71 heavy (non-hydrogen) atoms. The third kappa shape index (κ3) is 11.4. The fraction of sp³-hybridized carbons (Fsp3) is 0.385. The Morgan fingerprint density at radius 3 is 2.31 bits per heavy atom. The van der Waals surface area contributed by atoms with Gasteiger partial charge in [0.05, 0.1) is 35.6 Å². The molecule has 0 bridgehead atoms. The van der Waals surface area contributed by atoms with Crippen LogP contribution in [0.5, 0.6) is 0 Å². The molecule has 6 aromatic rings. The first-order valence-electron chi connectivity index (χ1n) is 24.1. The second kappa shape index (κ2) is 21.4. The average molecular weight is 972 g/mol. The lowest BCUT2D eigenvalue weighted by molar-refractivity contribution is -0.121. The molecule has 3 aromatic carbocycles. The van der Waals surface area contributed by atoms with Crippen molar-refractivity contribution in [2.75, 3.05) is 44.6 Å². The van der Waals surface area contributed by atoms with Gasteiger partial charge in [0.1, 0.15) is 23.6 Å². The van der Waals surface area contributed by atoms with Gasteiger partial charge in [-0.15, -0.1) is 0 Å². The first-order valence-corrected chi connectivity index (χ1v) is 24.1. The molecular weight excluding hydrogens is 914 g/mol. The fourth-order valence-corrected chi connectivity index (χ4v) is 9.73. The molecule has 0 aliphatic carbocycles. The maximum atomic E-state index is 15.3. The number of rotatable bonds is 16. The molecule has 0 radical (unpaired) electrons. The molecule has 15 nitrogen and oxygen atoms in total. The van der Waals surface area contributed by atoms with Crippen LogP contribution in [0.1, 0.15) is 78.6 Å². The van der Waals surface area contributed by atoms with Crippen LogP contribution in [0.15, 0.2) is 90.1 Å². The van der Waals surface area contributed by atoms with Gasteiger partial charge in [0.25, 0.3) is 11.5 Å². The molecule has 3 aliphatic rings. The number of piperidine rings is 2. The smallest absolute Gasteiger partial charge is 0.402 e. The van der Waals surface area contributed by atoms with Crippen LogP contribution in [-0.4, -0.2) is 111 Å². The highest BCUT2D eigenvalue weighted by Crippen LogP contribution is 2.36. The number of halogens is 3. The van der Waals surface area contributed by atoms with E-state index in [0.29, 0.717) is 52.1 Å². The van der Waals surface area contributed by atoms with Gasteiger partial charge in [0.15, 0.2) is 0 Å². The number of aromatic nitrogens is 4. The lowest BCUT2D eigenvalue weighted by Gasteiger charge is -2.37. The molecule has 370 valence electrons. The summed E-state index contributed by atoms with van der Waals surface area (Å²) in [6.07, 6.45) is 7.67. The summed E-state index contributed by atoms with van der Waals surface area (Å²) in [6, 6.07) is 19.9. The number of amides is 4. The number of urea groups is 1. The highest BCUT2D eigenvalue weighted by molar-refractivity contribution is 6.17. The van der Waals surface area contributed by atoms with Crippen LogP contribution in [0, 0.1) is 18.6 Å². The van der Waals surface area contributed by atoms with E-state index in [1.54, 1.807) is 37.6 Å².